The van der Waals surface area contributed by atoms with Crippen LogP contribution >= 0.6 is 0 Å². The Morgan fingerprint density at radius 2 is 0.800 bits per heavy atom. The fourth-order valence-corrected chi connectivity index (χ4v) is 7.10. The lowest BCUT2D eigenvalue weighted by molar-refractivity contribution is -0.122. The van der Waals surface area contributed by atoms with Gasteiger partial charge in [0.15, 0.2) is 0 Å². The molecule has 0 heterocycles. The van der Waals surface area contributed by atoms with E-state index in [1.54, 1.807) is 0 Å². The molecule has 45 heavy (non-hydrogen) atoms. The lowest BCUT2D eigenvalue weighted by Gasteiger charge is -2.23. The maximum atomic E-state index is 12.5. The minimum absolute atomic E-state index is 0.244. The van der Waals surface area contributed by atoms with E-state index in [1.165, 1.54) is 154 Å². The average Bonchev–Trinajstić information content (AvgIpc) is 3.00. The van der Waals surface area contributed by atoms with Crippen molar-refractivity contribution in [1.82, 2.24) is 5.32 Å². The highest BCUT2D eigenvalue weighted by molar-refractivity contribution is 7.85. The van der Waals surface area contributed by atoms with Crippen LogP contribution in [-0.2, 0) is 14.9 Å². The van der Waals surface area contributed by atoms with E-state index < -0.39 is 28.0 Å². The predicted octanol–water partition coefficient (Wildman–Crippen LogP) is 11.2. The van der Waals surface area contributed by atoms with Gasteiger partial charge in [0.25, 0.3) is 10.1 Å². The number of rotatable bonds is 36. The molecule has 7 heteroatoms. The zero-order valence-corrected chi connectivity index (χ0v) is 30.8. The maximum Gasteiger partial charge on any atom is 0.266 e. The summed E-state index contributed by atoms with van der Waals surface area (Å²) in [5, 5.41) is 13.3. The third kappa shape index (κ3) is 34.5. The number of hydrogen-bond donors (Lipinski definition) is 3. The average molecular weight is 660 g/mol. The molecular formula is C38H77NO5S. The van der Waals surface area contributed by atoms with Crippen LogP contribution in [0.25, 0.3) is 0 Å². The van der Waals surface area contributed by atoms with Crippen LogP contribution in [0.15, 0.2) is 0 Å². The van der Waals surface area contributed by atoms with Crippen LogP contribution in [-0.4, -0.2) is 41.9 Å². The summed E-state index contributed by atoms with van der Waals surface area (Å²) < 4.78 is 32.4. The summed E-state index contributed by atoms with van der Waals surface area (Å²) in [4.78, 5) is 12.5. The highest BCUT2D eigenvalue weighted by atomic mass is 32.2. The van der Waals surface area contributed by atoms with Gasteiger partial charge in [-0.2, -0.15) is 8.42 Å². The second-order valence-electron chi connectivity index (χ2n) is 13.9. The smallest absolute Gasteiger partial charge is 0.266 e. The van der Waals surface area contributed by atoms with E-state index in [-0.39, 0.29) is 5.91 Å². The molecule has 0 radical (unpaired) electrons. The third-order valence-corrected chi connectivity index (χ3v) is 10.1. The lowest BCUT2D eigenvalue weighted by Crippen LogP contribution is -2.47. The molecular weight excluding hydrogens is 582 g/mol. The molecule has 0 aromatic rings. The second-order valence-corrected chi connectivity index (χ2v) is 15.4. The third-order valence-electron chi connectivity index (χ3n) is 9.31. The van der Waals surface area contributed by atoms with Crippen molar-refractivity contribution in [2.24, 2.45) is 0 Å². The number of hydrogen-bond acceptors (Lipinski definition) is 4. The van der Waals surface area contributed by atoms with E-state index in [0.29, 0.717) is 12.8 Å². The van der Waals surface area contributed by atoms with Crippen molar-refractivity contribution in [3.8, 4) is 0 Å². The van der Waals surface area contributed by atoms with Crippen LogP contribution < -0.4 is 5.32 Å². The number of unbranched alkanes of at least 4 members (excludes halogenated alkanes) is 28. The van der Waals surface area contributed by atoms with Crippen molar-refractivity contribution in [2.45, 2.75) is 231 Å². The van der Waals surface area contributed by atoms with Gasteiger partial charge in [-0.05, 0) is 12.8 Å². The quantitative estimate of drug-likeness (QED) is 0.0458. The summed E-state index contributed by atoms with van der Waals surface area (Å²) in [6, 6.07) is -0.962. The highest BCUT2D eigenvalue weighted by Gasteiger charge is 2.26. The van der Waals surface area contributed by atoms with Gasteiger partial charge in [0, 0.05) is 6.42 Å². The molecule has 0 spiro atoms. The number of aliphatic hydroxyl groups excluding tert-OH is 1. The Kier molecular flexibility index (Phi) is 32.8. The molecule has 0 aromatic carbocycles. The summed E-state index contributed by atoms with van der Waals surface area (Å²) in [6.45, 7) is 4.51. The molecule has 270 valence electrons. The van der Waals surface area contributed by atoms with Gasteiger partial charge in [-0.25, -0.2) is 0 Å². The van der Waals surface area contributed by atoms with Crippen molar-refractivity contribution in [3.05, 3.63) is 0 Å². The van der Waals surface area contributed by atoms with E-state index in [0.717, 1.165) is 38.5 Å². The normalized spacial score (nSPS) is 13.2. The summed E-state index contributed by atoms with van der Waals surface area (Å²) in [5.41, 5.74) is 0. The molecule has 0 fully saturated rings. The Labute approximate surface area is 280 Å². The first-order valence-corrected chi connectivity index (χ1v) is 21.3. The van der Waals surface area contributed by atoms with Gasteiger partial charge in [0.05, 0.1) is 17.9 Å². The molecule has 0 aromatic heterocycles. The van der Waals surface area contributed by atoms with Crippen LogP contribution in [0.4, 0.5) is 0 Å². The number of carbonyl (C=O) groups is 1. The van der Waals surface area contributed by atoms with Gasteiger partial charge in [0.1, 0.15) is 0 Å². The molecule has 2 atom stereocenters. The molecule has 0 aliphatic carbocycles. The first kappa shape index (κ1) is 44.3. The Morgan fingerprint density at radius 3 is 1.11 bits per heavy atom. The van der Waals surface area contributed by atoms with Crippen molar-refractivity contribution < 1.29 is 22.9 Å². The first-order chi connectivity index (χ1) is 21.8. The topological polar surface area (TPSA) is 104 Å². The van der Waals surface area contributed by atoms with Gasteiger partial charge < -0.3 is 10.4 Å². The van der Waals surface area contributed by atoms with Crippen LogP contribution in [0.3, 0.4) is 0 Å². The Balaban J connectivity index is 3.81. The molecule has 6 nitrogen and oxygen atoms in total. The van der Waals surface area contributed by atoms with Crippen LogP contribution in [0, 0.1) is 0 Å². The largest absolute Gasteiger partial charge is 0.391 e. The molecule has 0 bridgehead atoms. The zero-order chi connectivity index (χ0) is 33.3. The molecule has 1 amide bonds. The number of nitrogens with one attached hydrogen (secondary N) is 1. The fraction of sp³-hybridized carbons (Fsp3) is 0.974. The van der Waals surface area contributed by atoms with Crippen LogP contribution in [0.5, 0.6) is 0 Å². The fourth-order valence-electron chi connectivity index (χ4n) is 6.34. The van der Waals surface area contributed by atoms with Gasteiger partial charge in [0.2, 0.25) is 5.91 Å². The minimum Gasteiger partial charge on any atom is -0.391 e. The van der Waals surface area contributed by atoms with Crippen LogP contribution in [0.1, 0.15) is 219 Å². The summed E-state index contributed by atoms with van der Waals surface area (Å²) in [6.07, 6.45) is 37.7. The monoisotopic (exact) mass is 660 g/mol. The number of aliphatic hydroxyl groups is 1. The van der Waals surface area contributed by atoms with E-state index in [2.05, 4.69) is 19.2 Å². The summed E-state index contributed by atoms with van der Waals surface area (Å²) in [5.74, 6) is -0.885. The lowest BCUT2D eigenvalue weighted by atomic mass is 10.0. The van der Waals surface area contributed by atoms with Crippen molar-refractivity contribution in [2.75, 3.05) is 5.75 Å². The van der Waals surface area contributed by atoms with Gasteiger partial charge in [-0.3, -0.25) is 9.35 Å². The van der Waals surface area contributed by atoms with E-state index in [9.17, 15) is 22.9 Å². The zero-order valence-electron chi connectivity index (χ0n) is 30.0. The minimum atomic E-state index is -4.30. The Morgan fingerprint density at radius 1 is 0.511 bits per heavy atom. The molecule has 2 unspecified atom stereocenters. The van der Waals surface area contributed by atoms with Crippen molar-refractivity contribution in [1.29, 1.82) is 0 Å². The molecule has 0 aliphatic heterocycles. The predicted molar refractivity (Wildman–Crippen MR) is 193 cm³/mol. The molecule has 0 saturated carbocycles. The van der Waals surface area contributed by atoms with Crippen molar-refractivity contribution in [3.63, 3.8) is 0 Å². The van der Waals surface area contributed by atoms with Gasteiger partial charge in [-0.1, -0.05) is 200 Å². The molecule has 3 N–H and O–H groups in total. The maximum absolute atomic E-state index is 12.5. The van der Waals surface area contributed by atoms with E-state index in [1.807, 2.05) is 0 Å². The number of carbonyl (C=O) groups excluding carboxylic acids is 1. The molecule has 0 rings (SSSR count). The summed E-state index contributed by atoms with van der Waals surface area (Å²) >= 11 is 0. The highest BCUT2D eigenvalue weighted by Crippen LogP contribution is 2.16. The number of amides is 1. The van der Waals surface area contributed by atoms with Crippen LogP contribution in [0.2, 0.25) is 0 Å². The molecule has 0 saturated heterocycles. The first-order valence-electron chi connectivity index (χ1n) is 19.7. The standard InChI is InChI=1S/C38H77NO5S/c1-3-5-7-9-11-13-15-16-17-18-19-20-21-22-24-25-27-29-31-33-37(40)36(35-45(42,43)44)39-38(41)34-32-30-28-26-23-14-12-10-8-6-4-2/h36-37,40H,3-35H2,1-2H3,(H,39,41)(H,42,43,44). The summed E-state index contributed by atoms with van der Waals surface area (Å²) in [7, 11) is -4.30. The Bertz CT molecular complexity index is 730. The second kappa shape index (κ2) is 33.2. The van der Waals surface area contributed by atoms with Gasteiger partial charge in [-0.15, -0.1) is 0 Å². The van der Waals surface area contributed by atoms with Crippen molar-refractivity contribution >= 4 is 16.0 Å². The van der Waals surface area contributed by atoms with Gasteiger partial charge >= 0.3 is 0 Å². The SMILES string of the molecule is CCCCCCCCCCCCCCCCCCCCCC(O)C(CS(=O)(=O)O)NC(=O)CCCCCCCCCCCCC. The Hall–Kier alpha value is -0.660. The van der Waals surface area contributed by atoms with E-state index >= 15 is 0 Å². The molecule has 0 aliphatic rings. The van der Waals surface area contributed by atoms with E-state index in [4.69, 9.17) is 0 Å².